The first kappa shape index (κ1) is 19.4. The van der Waals surface area contributed by atoms with Gasteiger partial charge in [-0.25, -0.2) is 10.2 Å². The van der Waals surface area contributed by atoms with Gasteiger partial charge in [-0.3, -0.25) is 9.69 Å². The molecule has 1 aliphatic rings. The fourth-order valence-corrected chi connectivity index (χ4v) is 2.29. The number of nitrogens with one attached hydrogen (secondary N) is 1. The third-order valence-electron chi connectivity index (χ3n) is 3.65. The molecular weight excluding hydrogens is 356 g/mol. The monoisotopic (exact) mass is 374 g/mol. The first-order chi connectivity index (χ1) is 12.2. The molecule has 8 heteroatoms. The van der Waals surface area contributed by atoms with E-state index in [0.717, 1.165) is 11.3 Å². The third-order valence-corrected chi connectivity index (χ3v) is 3.65. The predicted molar refractivity (Wildman–Crippen MR) is 90.4 cm³/mol. The van der Waals surface area contributed by atoms with Crippen molar-refractivity contribution in [1.82, 2.24) is 10.3 Å². The van der Waals surface area contributed by atoms with Crippen LogP contribution in [-0.4, -0.2) is 35.7 Å². The number of nitrogens with zero attached hydrogens (tertiary/aromatic N) is 3. The number of hydrogen-bond donors (Lipinski definition) is 1. The number of aromatic nitrogens is 1. The zero-order valence-corrected chi connectivity index (χ0v) is 14.8. The van der Waals surface area contributed by atoms with Crippen molar-refractivity contribution in [3.05, 3.63) is 66.5 Å². The smallest absolute Gasteiger partial charge is 0.410 e. The van der Waals surface area contributed by atoms with E-state index in [-0.39, 0.29) is 37.6 Å². The van der Waals surface area contributed by atoms with Gasteiger partial charge in [0.05, 0.1) is 18.8 Å². The van der Waals surface area contributed by atoms with E-state index in [1.54, 1.807) is 17.0 Å². The van der Waals surface area contributed by atoms with Crippen LogP contribution < -0.4 is 22.4 Å². The number of hydrogen-bond acceptors (Lipinski definition) is 4. The molecule has 136 valence electrons. The Balaban J connectivity index is 0.00000243. The Morgan fingerprint density at radius 1 is 1.08 bits per heavy atom. The molecule has 0 spiro atoms. The van der Waals surface area contributed by atoms with Gasteiger partial charge in [0.15, 0.2) is 12.4 Å². The maximum atomic E-state index is 11.9. The highest BCUT2D eigenvalue weighted by Crippen LogP contribution is 2.08. The van der Waals surface area contributed by atoms with Crippen molar-refractivity contribution in [3.8, 4) is 0 Å². The van der Waals surface area contributed by atoms with E-state index >= 15 is 0 Å². The molecule has 1 aromatic carbocycles. The normalized spacial score (nSPS) is 12.5. The molecule has 3 rings (SSSR count). The van der Waals surface area contributed by atoms with Crippen molar-refractivity contribution in [2.24, 2.45) is 5.10 Å². The number of rotatable bonds is 5. The van der Waals surface area contributed by atoms with E-state index in [4.69, 9.17) is 4.74 Å². The van der Waals surface area contributed by atoms with Crippen molar-refractivity contribution in [2.75, 3.05) is 13.1 Å². The molecule has 0 bridgehead atoms. The van der Waals surface area contributed by atoms with Gasteiger partial charge < -0.3 is 17.1 Å². The van der Waals surface area contributed by atoms with Crippen molar-refractivity contribution in [2.45, 2.75) is 13.2 Å². The van der Waals surface area contributed by atoms with Crippen LogP contribution in [0.2, 0.25) is 0 Å². The van der Waals surface area contributed by atoms with E-state index in [0.29, 0.717) is 13.1 Å². The summed E-state index contributed by atoms with van der Waals surface area (Å²) in [6.07, 6.45) is 3.23. The van der Waals surface area contributed by atoms with Crippen LogP contribution in [0.15, 0.2) is 66.0 Å². The Kier molecular flexibility index (Phi) is 7.11. The van der Waals surface area contributed by atoms with Crippen LogP contribution in [0.5, 0.6) is 0 Å². The number of carbonyl (C=O) groups is 2. The van der Waals surface area contributed by atoms with Crippen molar-refractivity contribution >= 4 is 17.7 Å². The van der Waals surface area contributed by atoms with E-state index in [1.807, 2.05) is 48.5 Å². The lowest BCUT2D eigenvalue weighted by molar-refractivity contribution is -0.684. The van der Waals surface area contributed by atoms with Gasteiger partial charge >= 0.3 is 12.0 Å². The van der Waals surface area contributed by atoms with Gasteiger partial charge in [-0.2, -0.15) is 9.67 Å². The standard InChI is InChI=1S/C18H18N4O3.ClH/c23-17(13-21-9-5-2-6-10-21)20-19-16-11-22(12-16)18(24)25-14-15-7-3-1-4-8-15;/h1-10H,11-14H2;1H. The summed E-state index contributed by atoms with van der Waals surface area (Å²) >= 11 is 0. The van der Waals surface area contributed by atoms with Gasteiger partial charge in [0.25, 0.3) is 0 Å². The average molecular weight is 375 g/mol. The zero-order valence-electron chi connectivity index (χ0n) is 14.0. The predicted octanol–water partition coefficient (Wildman–Crippen LogP) is -1.90. The fraction of sp³-hybridized carbons (Fsp3) is 0.222. The Morgan fingerprint density at radius 2 is 1.73 bits per heavy atom. The van der Waals surface area contributed by atoms with Crippen molar-refractivity contribution < 1.29 is 31.3 Å². The van der Waals surface area contributed by atoms with Crippen LogP contribution in [0.3, 0.4) is 0 Å². The first-order valence-electron chi connectivity index (χ1n) is 7.95. The second kappa shape index (κ2) is 9.53. The summed E-state index contributed by atoms with van der Waals surface area (Å²) < 4.78 is 6.98. The Labute approximate surface area is 157 Å². The van der Waals surface area contributed by atoms with Crippen LogP contribution in [0.25, 0.3) is 0 Å². The molecule has 26 heavy (non-hydrogen) atoms. The van der Waals surface area contributed by atoms with Crippen LogP contribution in [0, 0.1) is 0 Å². The van der Waals surface area contributed by atoms with E-state index < -0.39 is 0 Å². The number of likely N-dealkylation sites (tertiary alicyclic amines) is 1. The summed E-state index contributed by atoms with van der Waals surface area (Å²) in [5.41, 5.74) is 4.18. The molecule has 2 amide bonds. The molecule has 0 radical (unpaired) electrons. The molecule has 1 N–H and O–H groups in total. The Morgan fingerprint density at radius 3 is 2.42 bits per heavy atom. The summed E-state index contributed by atoms with van der Waals surface area (Å²) in [5, 5.41) is 4.03. The largest absolute Gasteiger partial charge is 1.00 e. The Hall–Kier alpha value is -2.93. The molecule has 0 aliphatic carbocycles. The number of carbonyl (C=O) groups excluding carboxylic acids is 2. The molecule has 1 aromatic heterocycles. The van der Waals surface area contributed by atoms with Crippen LogP contribution >= 0.6 is 0 Å². The highest BCUT2D eigenvalue weighted by Gasteiger charge is 2.28. The number of amides is 2. The van der Waals surface area contributed by atoms with Gasteiger partial charge in [0.2, 0.25) is 6.54 Å². The number of pyridine rings is 1. The molecule has 0 atom stereocenters. The lowest BCUT2D eigenvalue weighted by atomic mass is 10.2. The average Bonchev–Trinajstić information content (AvgIpc) is 2.60. The number of halogens is 1. The quantitative estimate of drug-likeness (QED) is 0.491. The maximum Gasteiger partial charge on any atom is 0.410 e. The zero-order chi connectivity index (χ0) is 17.5. The van der Waals surface area contributed by atoms with Gasteiger partial charge in [-0.05, 0) is 5.56 Å². The minimum Gasteiger partial charge on any atom is -1.00 e. The molecule has 0 unspecified atom stereocenters. The molecule has 2 aromatic rings. The van der Waals surface area contributed by atoms with E-state index in [9.17, 15) is 9.59 Å². The second-order valence-electron chi connectivity index (χ2n) is 5.66. The van der Waals surface area contributed by atoms with E-state index in [2.05, 4.69) is 10.5 Å². The minimum absolute atomic E-state index is 0. The van der Waals surface area contributed by atoms with Crippen LogP contribution in [-0.2, 0) is 22.7 Å². The number of benzene rings is 1. The summed E-state index contributed by atoms with van der Waals surface area (Å²) in [7, 11) is 0. The lowest BCUT2D eigenvalue weighted by Gasteiger charge is -2.31. The van der Waals surface area contributed by atoms with Crippen molar-refractivity contribution in [3.63, 3.8) is 0 Å². The van der Waals surface area contributed by atoms with Gasteiger partial charge in [0, 0.05) is 12.1 Å². The second-order valence-corrected chi connectivity index (χ2v) is 5.66. The lowest BCUT2D eigenvalue weighted by Crippen LogP contribution is -3.00. The molecular formula is C18H19ClN4O3. The number of hydrazone groups is 1. The minimum atomic E-state index is -0.381. The topological polar surface area (TPSA) is 74.9 Å². The molecule has 1 saturated heterocycles. The van der Waals surface area contributed by atoms with E-state index in [1.165, 1.54) is 4.90 Å². The molecule has 7 nitrogen and oxygen atoms in total. The molecule has 2 heterocycles. The SMILES string of the molecule is O=C(C[n+]1ccccc1)NN=C1CN(C(=O)OCc2ccccc2)C1.[Cl-]. The highest BCUT2D eigenvalue weighted by atomic mass is 35.5. The van der Waals surface area contributed by atoms with Crippen LogP contribution in [0.1, 0.15) is 5.56 Å². The number of ether oxygens (including phenoxy) is 1. The van der Waals surface area contributed by atoms with Gasteiger partial charge in [-0.15, -0.1) is 0 Å². The summed E-state index contributed by atoms with van der Waals surface area (Å²) in [6, 6.07) is 15.1. The molecule has 1 fully saturated rings. The van der Waals surface area contributed by atoms with Gasteiger partial charge in [-0.1, -0.05) is 36.4 Å². The molecule has 1 aliphatic heterocycles. The summed E-state index contributed by atoms with van der Waals surface area (Å²) in [4.78, 5) is 25.2. The first-order valence-corrected chi connectivity index (χ1v) is 7.95. The van der Waals surface area contributed by atoms with Gasteiger partial charge in [0.1, 0.15) is 6.61 Å². The van der Waals surface area contributed by atoms with Crippen LogP contribution in [0.4, 0.5) is 4.79 Å². The highest BCUT2D eigenvalue weighted by molar-refractivity contribution is 5.98. The summed E-state index contributed by atoms with van der Waals surface area (Å²) in [6.45, 7) is 1.17. The third kappa shape index (κ3) is 5.56. The maximum absolute atomic E-state index is 11.9. The Bertz CT molecular complexity index is 761. The van der Waals surface area contributed by atoms with Crippen molar-refractivity contribution in [1.29, 1.82) is 0 Å². The summed E-state index contributed by atoms with van der Waals surface area (Å²) in [5.74, 6) is -0.214. The molecule has 0 saturated carbocycles. The fourth-order valence-electron chi connectivity index (χ4n) is 2.29.